The molecule has 1 aliphatic rings. The van der Waals surface area contributed by atoms with E-state index in [0.717, 1.165) is 25.0 Å². The van der Waals surface area contributed by atoms with Crippen LogP contribution in [0.4, 0.5) is 0 Å². The summed E-state index contributed by atoms with van der Waals surface area (Å²) >= 11 is 0. The van der Waals surface area contributed by atoms with E-state index in [9.17, 15) is 0 Å². The van der Waals surface area contributed by atoms with Gasteiger partial charge in [-0.15, -0.1) is 6.58 Å². The van der Waals surface area contributed by atoms with Crippen LogP contribution in [0, 0.1) is 5.92 Å². The van der Waals surface area contributed by atoms with E-state index in [1.165, 1.54) is 22.8 Å². The first-order valence-corrected chi connectivity index (χ1v) is 9.24. The highest BCUT2D eigenvalue weighted by molar-refractivity contribution is 5.92. The zero-order valence-electron chi connectivity index (χ0n) is 15.5. The van der Waals surface area contributed by atoms with Crippen LogP contribution >= 0.6 is 0 Å². The highest BCUT2D eigenvalue weighted by Crippen LogP contribution is 2.34. The number of benzene rings is 1. The number of aromatic nitrogens is 1. The number of fused-ring (bicyclic) bond motifs is 1. The summed E-state index contributed by atoms with van der Waals surface area (Å²) in [5.74, 6) is 0.537. The normalized spacial score (nSPS) is 16.4. The summed E-state index contributed by atoms with van der Waals surface area (Å²) in [6.07, 6.45) is 19.4. The molecule has 1 heteroatoms. The van der Waals surface area contributed by atoms with Crippen LogP contribution < -0.4 is 0 Å². The zero-order chi connectivity index (χ0) is 17.9. The first kappa shape index (κ1) is 18.9. The molecule has 1 nitrogen and oxygen atoms in total. The van der Waals surface area contributed by atoms with Crippen LogP contribution in [0.15, 0.2) is 79.6 Å². The predicted molar refractivity (Wildman–Crippen MR) is 112 cm³/mol. The SMILES string of the molecule is C=CCCC.CC=CCC1CC=CC=C1c1nccc2ccccc12. The van der Waals surface area contributed by atoms with Crippen molar-refractivity contribution in [2.75, 3.05) is 0 Å². The highest BCUT2D eigenvalue weighted by atomic mass is 14.7. The van der Waals surface area contributed by atoms with Gasteiger partial charge in [-0.05, 0) is 49.1 Å². The second-order valence-electron chi connectivity index (χ2n) is 6.25. The summed E-state index contributed by atoms with van der Waals surface area (Å²) in [6.45, 7) is 7.77. The molecule has 3 rings (SSSR count). The smallest absolute Gasteiger partial charge is 0.0742 e. The number of unbranched alkanes of at least 4 members (excludes halogenated alkanes) is 1. The fourth-order valence-corrected chi connectivity index (χ4v) is 3.03. The van der Waals surface area contributed by atoms with Gasteiger partial charge in [0.25, 0.3) is 0 Å². The minimum atomic E-state index is 0.537. The summed E-state index contributed by atoms with van der Waals surface area (Å²) < 4.78 is 0. The van der Waals surface area contributed by atoms with Gasteiger partial charge in [0.05, 0.1) is 5.69 Å². The van der Waals surface area contributed by atoms with Crippen LogP contribution in [-0.4, -0.2) is 4.98 Å². The fraction of sp³-hybridized carbons (Fsp3) is 0.292. The molecule has 0 spiro atoms. The van der Waals surface area contributed by atoms with Gasteiger partial charge >= 0.3 is 0 Å². The Morgan fingerprint density at radius 2 is 2.08 bits per heavy atom. The largest absolute Gasteiger partial charge is 0.256 e. The van der Waals surface area contributed by atoms with Gasteiger partial charge in [-0.25, -0.2) is 0 Å². The third-order valence-corrected chi connectivity index (χ3v) is 4.37. The molecule has 1 unspecified atom stereocenters. The summed E-state index contributed by atoms with van der Waals surface area (Å²) in [7, 11) is 0. The molecule has 0 fully saturated rings. The van der Waals surface area contributed by atoms with Crippen molar-refractivity contribution in [3.8, 4) is 0 Å². The van der Waals surface area contributed by atoms with Crippen molar-refractivity contribution in [1.29, 1.82) is 0 Å². The van der Waals surface area contributed by atoms with E-state index in [1.807, 2.05) is 12.3 Å². The first-order valence-electron chi connectivity index (χ1n) is 9.24. The Hall–Kier alpha value is -2.41. The Morgan fingerprint density at radius 1 is 1.24 bits per heavy atom. The Labute approximate surface area is 152 Å². The molecule has 0 saturated carbocycles. The number of nitrogens with zero attached hydrogens (tertiary/aromatic N) is 1. The zero-order valence-corrected chi connectivity index (χ0v) is 15.5. The molecule has 1 aliphatic carbocycles. The van der Waals surface area contributed by atoms with Crippen molar-refractivity contribution in [3.63, 3.8) is 0 Å². The fourth-order valence-electron chi connectivity index (χ4n) is 3.03. The number of hydrogen-bond acceptors (Lipinski definition) is 1. The topological polar surface area (TPSA) is 12.9 Å². The number of hydrogen-bond donors (Lipinski definition) is 0. The minimum absolute atomic E-state index is 0.537. The Kier molecular flexibility index (Phi) is 7.91. The predicted octanol–water partition coefficient (Wildman–Crippen LogP) is 7.13. The molecular weight excluding hydrogens is 302 g/mol. The maximum atomic E-state index is 4.66. The molecule has 0 amide bonds. The van der Waals surface area contributed by atoms with Crippen molar-refractivity contribution >= 4 is 16.3 Å². The lowest BCUT2D eigenvalue weighted by Gasteiger charge is -2.21. The van der Waals surface area contributed by atoms with Crippen molar-refractivity contribution in [2.24, 2.45) is 5.92 Å². The number of allylic oxidation sites excluding steroid dienone is 7. The van der Waals surface area contributed by atoms with Crippen LogP contribution in [0.1, 0.15) is 45.2 Å². The van der Waals surface area contributed by atoms with E-state index >= 15 is 0 Å². The molecule has 0 aliphatic heterocycles. The highest BCUT2D eigenvalue weighted by Gasteiger charge is 2.18. The lowest BCUT2D eigenvalue weighted by molar-refractivity contribution is 0.686. The minimum Gasteiger partial charge on any atom is -0.256 e. The molecule has 0 saturated heterocycles. The molecule has 1 aromatic heterocycles. The van der Waals surface area contributed by atoms with E-state index in [-0.39, 0.29) is 0 Å². The Balaban J connectivity index is 0.000000399. The molecule has 0 bridgehead atoms. The average Bonchev–Trinajstić information content (AvgIpc) is 2.67. The van der Waals surface area contributed by atoms with Crippen molar-refractivity contribution in [3.05, 3.63) is 85.3 Å². The third kappa shape index (κ3) is 5.29. The summed E-state index contributed by atoms with van der Waals surface area (Å²) in [6, 6.07) is 10.6. The quantitative estimate of drug-likeness (QED) is 0.531. The number of rotatable bonds is 5. The molecular formula is C24H29N. The van der Waals surface area contributed by atoms with E-state index in [1.54, 1.807) is 0 Å². The van der Waals surface area contributed by atoms with E-state index < -0.39 is 0 Å². The van der Waals surface area contributed by atoms with Crippen LogP contribution in [0.25, 0.3) is 16.3 Å². The molecule has 1 heterocycles. The van der Waals surface area contributed by atoms with Gasteiger partial charge in [0, 0.05) is 11.6 Å². The molecule has 1 atom stereocenters. The van der Waals surface area contributed by atoms with Gasteiger partial charge in [-0.1, -0.05) is 74.1 Å². The summed E-state index contributed by atoms with van der Waals surface area (Å²) in [4.78, 5) is 4.66. The van der Waals surface area contributed by atoms with Crippen molar-refractivity contribution < 1.29 is 0 Å². The maximum Gasteiger partial charge on any atom is 0.0742 e. The third-order valence-electron chi connectivity index (χ3n) is 4.37. The lowest BCUT2D eigenvalue weighted by atomic mass is 9.85. The lowest BCUT2D eigenvalue weighted by Crippen LogP contribution is -2.06. The van der Waals surface area contributed by atoms with Crippen LogP contribution in [0.5, 0.6) is 0 Å². The second kappa shape index (κ2) is 10.5. The van der Waals surface area contributed by atoms with Crippen LogP contribution in [-0.2, 0) is 0 Å². The van der Waals surface area contributed by atoms with Gasteiger partial charge in [-0.2, -0.15) is 0 Å². The molecule has 0 N–H and O–H groups in total. The summed E-state index contributed by atoms with van der Waals surface area (Å²) in [5.41, 5.74) is 2.50. The van der Waals surface area contributed by atoms with E-state index in [0.29, 0.717) is 5.92 Å². The van der Waals surface area contributed by atoms with Gasteiger partial charge in [0.2, 0.25) is 0 Å². The van der Waals surface area contributed by atoms with E-state index in [2.05, 4.69) is 86.1 Å². The summed E-state index contributed by atoms with van der Waals surface area (Å²) in [5, 5.41) is 2.51. The van der Waals surface area contributed by atoms with Gasteiger partial charge in [0.15, 0.2) is 0 Å². The average molecular weight is 332 g/mol. The van der Waals surface area contributed by atoms with E-state index in [4.69, 9.17) is 0 Å². The molecule has 0 radical (unpaired) electrons. The monoisotopic (exact) mass is 331 g/mol. The molecule has 25 heavy (non-hydrogen) atoms. The molecule has 1 aromatic carbocycles. The van der Waals surface area contributed by atoms with Gasteiger partial charge in [-0.3, -0.25) is 4.98 Å². The van der Waals surface area contributed by atoms with Crippen LogP contribution in [0.2, 0.25) is 0 Å². The molecule has 130 valence electrons. The van der Waals surface area contributed by atoms with Crippen molar-refractivity contribution in [2.45, 2.75) is 39.5 Å². The Bertz CT molecular complexity index is 759. The second-order valence-corrected chi connectivity index (χ2v) is 6.25. The first-order chi connectivity index (χ1) is 12.3. The van der Waals surface area contributed by atoms with Gasteiger partial charge in [0.1, 0.15) is 0 Å². The standard InChI is InChI=1S/C19H19N.C5H10/c1-2-3-8-15-9-4-6-11-17(15)19-18-12-7-5-10-16(18)13-14-20-19;1-3-5-4-2/h2-7,10-15H,8-9H2,1H3;3H,1,4-5H2,2H3. The molecule has 2 aromatic rings. The van der Waals surface area contributed by atoms with Gasteiger partial charge < -0.3 is 0 Å². The number of pyridine rings is 1. The van der Waals surface area contributed by atoms with Crippen LogP contribution in [0.3, 0.4) is 0 Å². The maximum absolute atomic E-state index is 4.66. The van der Waals surface area contributed by atoms with Crippen molar-refractivity contribution in [1.82, 2.24) is 4.98 Å². The Morgan fingerprint density at radius 3 is 2.80 bits per heavy atom.